The van der Waals surface area contributed by atoms with E-state index in [4.69, 9.17) is 10.5 Å². The van der Waals surface area contributed by atoms with Crippen molar-refractivity contribution in [1.82, 2.24) is 5.32 Å². The fourth-order valence-corrected chi connectivity index (χ4v) is 8.92. The summed E-state index contributed by atoms with van der Waals surface area (Å²) in [6.45, 7) is 7.38. The second-order valence-corrected chi connectivity index (χ2v) is 11.9. The Morgan fingerprint density at radius 3 is 2.55 bits per heavy atom. The highest BCUT2D eigenvalue weighted by atomic mass is 16.5. The van der Waals surface area contributed by atoms with E-state index in [0.717, 1.165) is 30.6 Å². The van der Waals surface area contributed by atoms with Crippen molar-refractivity contribution in [3.8, 4) is 0 Å². The Balaban J connectivity index is 1.31. The predicted molar refractivity (Wildman–Crippen MR) is 120 cm³/mol. The van der Waals surface area contributed by atoms with E-state index in [-0.39, 0.29) is 11.9 Å². The number of nitrogens with one attached hydrogen (secondary N) is 1. The van der Waals surface area contributed by atoms with Crippen LogP contribution >= 0.6 is 0 Å². The van der Waals surface area contributed by atoms with Crippen LogP contribution in [0.5, 0.6) is 0 Å². The van der Waals surface area contributed by atoms with Gasteiger partial charge in [-0.2, -0.15) is 0 Å². The summed E-state index contributed by atoms with van der Waals surface area (Å²) in [5, 5.41) is 3.21. The average molecular weight is 429 g/mol. The second kappa shape index (κ2) is 7.60. The van der Waals surface area contributed by atoms with Crippen LogP contribution in [0.25, 0.3) is 0 Å². The third-order valence-electron chi connectivity index (χ3n) is 10.6. The van der Waals surface area contributed by atoms with Crippen LogP contribution < -0.4 is 11.1 Å². The molecular weight excluding hydrogens is 388 g/mol. The zero-order valence-corrected chi connectivity index (χ0v) is 19.5. The van der Waals surface area contributed by atoms with Gasteiger partial charge in [-0.1, -0.05) is 13.8 Å². The highest BCUT2D eigenvalue weighted by molar-refractivity contribution is 5.85. The van der Waals surface area contributed by atoms with E-state index in [2.05, 4.69) is 19.2 Å². The molecule has 5 rings (SSSR count). The Kier molecular flexibility index (Phi) is 5.27. The molecule has 0 radical (unpaired) electrons. The van der Waals surface area contributed by atoms with E-state index in [1.165, 1.54) is 50.5 Å². The van der Waals surface area contributed by atoms with E-state index in [1.807, 2.05) is 0 Å². The summed E-state index contributed by atoms with van der Waals surface area (Å²) in [7, 11) is 0. The lowest BCUT2D eigenvalue weighted by Gasteiger charge is -2.61. The minimum Gasteiger partial charge on any atom is -0.458 e. The Morgan fingerprint density at radius 1 is 1.10 bits per heavy atom. The molecule has 0 spiro atoms. The van der Waals surface area contributed by atoms with Crippen LogP contribution in [0.1, 0.15) is 78.6 Å². The molecule has 1 amide bonds. The maximum atomic E-state index is 12.1. The third-order valence-corrected chi connectivity index (χ3v) is 10.6. The molecule has 4 saturated carbocycles. The molecule has 5 nitrogen and oxygen atoms in total. The number of ether oxygens (including phenoxy) is 1. The normalized spacial score (nSPS) is 47.5. The van der Waals surface area contributed by atoms with Crippen molar-refractivity contribution in [2.24, 2.45) is 46.2 Å². The molecular formula is C26H40N2O3. The predicted octanol–water partition coefficient (Wildman–Crippen LogP) is 3.96. The minimum atomic E-state index is -0.425. The zero-order valence-electron chi connectivity index (χ0n) is 19.5. The molecule has 4 aliphatic carbocycles. The smallest absolute Gasteiger partial charge is 0.331 e. The number of carbonyl (C=O) groups excluding carboxylic acids is 2. The fourth-order valence-electron chi connectivity index (χ4n) is 8.92. The van der Waals surface area contributed by atoms with Crippen LogP contribution in [0.4, 0.5) is 0 Å². The van der Waals surface area contributed by atoms with Crippen molar-refractivity contribution >= 4 is 11.9 Å². The summed E-state index contributed by atoms with van der Waals surface area (Å²) in [4.78, 5) is 23.8. The van der Waals surface area contributed by atoms with Crippen molar-refractivity contribution in [2.75, 3.05) is 6.61 Å². The number of carbonyl (C=O) groups is 2. The molecule has 0 aromatic heterocycles. The average Bonchev–Trinajstić information content (AvgIpc) is 3.30. The molecule has 5 heteroatoms. The summed E-state index contributed by atoms with van der Waals surface area (Å²) < 4.78 is 5.28. The number of esters is 1. The molecule has 9 atom stereocenters. The molecule has 0 bridgehead atoms. The monoisotopic (exact) mass is 428 g/mol. The molecule has 172 valence electrons. The van der Waals surface area contributed by atoms with Crippen molar-refractivity contribution in [2.45, 2.75) is 90.6 Å². The molecule has 31 heavy (non-hydrogen) atoms. The number of nitrogens with two attached hydrogens (primary N) is 1. The van der Waals surface area contributed by atoms with Gasteiger partial charge in [-0.05, 0) is 111 Å². The summed E-state index contributed by atoms with van der Waals surface area (Å²) in [5.74, 6) is 3.50. The lowest BCUT2D eigenvalue weighted by molar-refractivity contribution is -0.135. The number of rotatable bonds is 3. The minimum absolute atomic E-state index is 0.00334. The van der Waals surface area contributed by atoms with Crippen LogP contribution in [0.3, 0.4) is 0 Å². The molecule has 1 heterocycles. The number of fused-ring (bicyclic) bond motifs is 5. The molecule has 0 saturated heterocycles. The Bertz CT molecular complexity index is 792. The van der Waals surface area contributed by atoms with Gasteiger partial charge in [0.25, 0.3) is 0 Å². The highest BCUT2D eigenvalue weighted by Gasteiger charge is 2.60. The molecule has 5 aliphatic rings. The Hall–Kier alpha value is -1.36. The van der Waals surface area contributed by atoms with E-state index >= 15 is 0 Å². The van der Waals surface area contributed by atoms with Gasteiger partial charge >= 0.3 is 5.97 Å². The molecule has 0 aromatic carbocycles. The third kappa shape index (κ3) is 3.37. The first-order valence-corrected chi connectivity index (χ1v) is 12.7. The van der Waals surface area contributed by atoms with E-state index < -0.39 is 6.04 Å². The molecule has 1 aliphatic heterocycles. The Morgan fingerprint density at radius 2 is 1.84 bits per heavy atom. The van der Waals surface area contributed by atoms with Crippen molar-refractivity contribution in [3.05, 3.63) is 11.6 Å². The van der Waals surface area contributed by atoms with Gasteiger partial charge in [0.2, 0.25) is 5.91 Å². The van der Waals surface area contributed by atoms with Crippen LogP contribution in [0.15, 0.2) is 11.6 Å². The molecule has 0 aromatic rings. The van der Waals surface area contributed by atoms with Gasteiger partial charge in [0.15, 0.2) is 0 Å². The van der Waals surface area contributed by atoms with E-state index in [9.17, 15) is 9.59 Å². The van der Waals surface area contributed by atoms with Crippen LogP contribution in [-0.2, 0) is 14.3 Å². The maximum absolute atomic E-state index is 12.1. The first-order valence-electron chi connectivity index (χ1n) is 12.7. The first kappa shape index (κ1) is 21.5. The summed E-state index contributed by atoms with van der Waals surface area (Å²) in [6.07, 6.45) is 13.0. The Labute approximate surface area is 186 Å². The van der Waals surface area contributed by atoms with Gasteiger partial charge in [-0.25, -0.2) is 4.79 Å². The van der Waals surface area contributed by atoms with Gasteiger partial charge in [0.1, 0.15) is 6.61 Å². The van der Waals surface area contributed by atoms with Gasteiger partial charge in [-0.3, -0.25) is 4.79 Å². The van der Waals surface area contributed by atoms with Crippen LogP contribution in [0, 0.1) is 40.4 Å². The second-order valence-electron chi connectivity index (χ2n) is 11.9. The lowest BCUT2D eigenvalue weighted by Crippen LogP contribution is -2.56. The van der Waals surface area contributed by atoms with E-state index in [0.29, 0.717) is 35.3 Å². The van der Waals surface area contributed by atoms with Gasteiger partial charge < -0.3 is 15.8 Å². The quantitative estimate of drug-likeness (QED) is 0.667. The SMILES string of the molecule is C[C@@H](N)C(=O)N[C@H]1CC[C@@]2(C)[C@H](CC[C@H]3C4CC[C@H](C5=CC(=O)OC5)[C@@]4(C)CC[C@@H]32)C1. The van der Waals surface area contributed by atoms with Gasteiger partial charge in [0.05, 0.1) is 6.04 Å². The van der Waals surface area contributed by atoms with Gasteiger partial charge in [0, 0.05) is 12.1 Å². The topological polar surface area (TPSA) is 81.4 Å². The van der Waals surface area contributed by atoms with Crippen molar-refractivity contribution in [3.63, 3.8) is 0 Å². The molecule has 4 fully saturated rings. The highest BCUT2D eigenvalue weighted by Crippen LogP contribution is 2.68. The standard InChI is InChI=1S/C26H40N2O3/c1-15(27)24(30)28-18-8-10-25(2)17(13-18)4-5-19-21-7-6-20(16-12-23(29)31-14-16)26(21,3)11-9-22(19)25/h12,15,17-22H,4-11,13-14,27H2,1-3H3,(H,28,30)/t15-,17-,18+,19+,20-,21?,22+,25+,26-/m1/s1. The molecule has 3 N–H and O–H groups in total. The van der Waals surface area contributed by atoms with Crippen LogP contribution in [0.2, 0.25) is 0 Å². The largest absolute Gasteiger partial charge is 0.458 e. The zero-order chi connectivity index (χ0) is 22.0. The summed E-state index contributed by atoms with van der Waals surface area (Å²) in [6, 6.07) is -0.129. The number of hydrogen-bond acceptors (Lipinski definition) is 4. The first-order chi connectivity index (χ1) is 14.7. The lowest BCUT2D eigenvalue weighted by atomic mass is 9.44. The van der Waals surface area contributed by atoms with Crippen molar-refractivity contribution in [1.29, 1.82) is 0 Å². The van der Waals surface area contributed by atoms with Crippen molar-refractivity contribution < 1.29 is 14.3 Å². The van der Waals surface area contributed by atoms with E-state index in [1.54, 1.807) is 13.0 Å². The fraction of sp³-hybridized carbons (Fsp3) is 0.846. The summed E-state index contributed by atoms with van der Waals surface area (Å²) in [5.41, 5.74) is 7.78. The summed E-state index contributed by atoms with van der Waals surface area (Å²) >= 11 is 0. The van der Waals surface area contributed by atoms with Crippen LogP contribution in [-0.4, -0.2) is 30.6 Å². The number of hydrogen-bond donors (Lipinski definition) is 2. The number of cyclic esters (lactones) is 1. The van der Waals surface area contributed by atoms with Gasteiger partial charge in [-0.15, -0.1) is 0 Å². The number of amides is 1. The molecule has 1 unspecified atom stereocenters. The maximum Gasteiger partial charge on any atom is 0.331 e.